The lowest BCUT2D eigenvalue weighted by Crippen LogP contribution is -2.05. The largest absolute Gasteiger partial charge is 0.423 e. The molecule has 1 aromatic carbocycles. The van der Waals surface area contributed by atoms with E-state index >= 15 is 0 Å². The first-order valence-corrected chi connectivity index (χ1v) is 4.64. The number of hydrogen-bond donors (Lipinski definition) is 0. The van der Waals surface area contributed by atoms with Crippen LogP contribution in [0.15, 0.2) is 24.3 Å². The van der Waals surface area contributed by atoms with Crippen molar-refractivity contribution in [2.75, 3.05) is 0 Å². The van der Waals surface area contributed by atoms with Gasteiger partial charge in [0.25, 0.3) is 0 Å². The summed E-state index contributed by atoms with van der Waals surface area (Å²) in [5.41, 5.74) is 0.117. The molecule has 2 rings (SSSR count). The molecule has 0 radical (unpaired) electrons. The molecule has 1 aliphatic heterocycles. The zero-order valence-electron chi connectivity index (χ0n) is 6.76. The summed E-state index contributed by atoms with van der Waals surface area (Å²) in [6, 6.07) is 5.95. The molecular formula is C8H4O5S. The predicted octanol–water partition coefficient (Wildman–Crippen LogP) is 0.593. The van der Waals surface area contributed by atoms with Gasteiger partial charge in [-0.1, -0.05) is 12.1 Å². The lowest BCUT2D eigenvalue weighted by molar-refractivity contribution is 0.0711. The molecule has 1 heterocycles. The molecule has 0 N–H and O–H groups in total. The van der Waals surface area contributed by atoms with Crippen LogP contribution in [0.5, 0.6) is 0 Å². The van der Waals surface area contributed by atoms with Gasteiger partial charge in [0, 0.05) is 0 Å². The average Bonchev–Trinajstić information content (AvgIpc) is 2.26. The first-order valence-electron chi connectivity index (χ1n) is 3.64. The van der Waals surface area contributed by atoms with Crippen LogP contribution in [0.3, 0.4) is 0 Å². The van der Waals surface area contributed by atoms with Crippen molar-refractivity contribution in [2.45, 2.75) is 0 Å². The fraction of sp³-hybridized carbons (Fsp3) is 0. The van der Waals surface area contributed by atoms with E-state index in [9.17, 15) is 13.8 Å². The molecule has 0 saturated carbocycles. The molecule has 1 aliphatic rings. The highest BCUT2D eigenvalue weighted by Gasteiger charge is 2.27. The standard InChI is InChI=1S/C8H4O5S/c9-7-5-3-1-2-4-6(5)8(10)13-14(11)12-7/h1-4H. The summed E-state index contributed by atoms with van der Waals surface area (Å²) >= 11 is -2.34. The van der Waals surface area contributed by atoms with Gasteiger partial charge in [0.1, 0.15) is 0 Å². The molecule has 0 saturated heterocycles. The van der Waals surface area contributed by atoms with Gasteiger partial charge < -0.3 is 8.37 Å². The molecular weight excluding hydrogens is 208 g/mol. The summed E-state index contributed by atoms with van der Waals surface area (Å²) < 4.78 is 19.4. The number of carbonyl (C=O) groups excluding carboxylic acids is 2. The Kier molecular flexibility index (Phi) is 2.05. The molecule has 0 atom stereocenters. The SMILES string of the molecule is O=C1OS(=O)OC(=O)c2ccccc21. The van der Waals surface area contributed by atoms with Crippen molar-refractivity contribution in [3.05, 3.63) is 35.4 Å². The van der Waals surface area contributed by atoms with Crippen LogP contribution in [0, 0.1) is 0 Å². The number of rotatable bonds is 0. The lowest BCUT2D eigenvalue weighted by Gasteiger charge is -1.96. The monoisotopic (exact) mass is 212 g/mol. The van der Waals surface area contributed by atoms with E-state index in [0.717, 1.165) is 0 Å². The lowest BCUT2D eigenvalue weighted by atomic mass is 10.1. The Morgan fingerprint density at radius 3 is 1.79 bits per heavy atom. The third-order valence-corrected chi connectivity index (χ3v) is 2.23. The molecule has 6 heteroatoms. The highest BCUT2D eigenvalue weighted by Crippen LogP contribution is 2.16. The molecule has 0 fully saturated rings. The van der Waals surface area contributed by atoms with Gasteiger partial charge in [0.05, 0.1) is 11.1 Å². The van der Waals surface area contributed by atoms with E-state index < -0.39 is 23.3 Å². The van der Waals surface area contributed by atoms with Gasteiger partial charge in [0.2, 0.25) is 0 Å². The van der Waals surface area contributed by atoms with Crippen molar-refractivity contribution in [1.82, 2.24) is 0 Å². The van der Waals surface area contributed by atoms with Crippen molar-refractivity contribution >= 4 is 23.3 Å². The second kappa shape index (κ2) is 3.22. The fourth-order valence-corrected chi connectivity index (χ4v) is 1.53. The molecule has 14 heavy (non-hydrogen) atoms. The van der Waals surface area contributed by atoms with Crippen molar-refractivity contribution in [2.24, 2.45) is 0 Å². The van der Waals surface area contributed by atoms with Crippen LogP contribution in [0.25, 0.3) is 0 Å². The third kappa shape index (κ3) is 1.39. The van der Waals surface area contributed by atoms with E-state index in [0.29, 0.717) is 0 Å². The van der Waals surface area contributed by atoms with Crippen LogP contribution < -0.4 is 0 Å². The predicted molar refractivity (Wildman–Crippen MR) is 45.4 cm³/mol. The Morgan fingerprint density at radius 1 is 0.929 bits per heavy atom. The van der Waals surface area contributed by atoms with Crippen LogP contribution in [-0.2, 0) is 19.7 Å². The van der Waals surface area contributed by atoms with E-state index in [-0.39, 0.29) is 11.1 Å². The Hall–Kier alpha value is -1.69. The van der Waals surface area contributed by atoms with Crippen LogP contribution in [-0.4, -0.2) is 16.1 Å². The van der Waals surface area contributed by atoms with Gasteiger partial charge in [0.15, 0.2) is 0 Å². The van der Waals surface area contributed by atoms with Gasteiger partial charge in [-0.2, -0.15) is 4.21 Å². The minimum atomic E-state index is -2.34. The number of fused-ring (bicyclic) bond motifs is 1. The summed E-state index contributed by atoms with van der Waals surface area (Å²) in [7, 11) is 0. The number of carbonyl (C=O) groups is 2. The maximum Gasteiger partial charge on any atom is 0.423 e. The molecule has 0 bridgehead atoms. The van der Waals surface area contributed by atoms with Crippen molar-refractivity contribution in [1.29, 1.82) is 0 Å². The maximum atomic E-state index is 11.2. The Morgan fingerprint density at radius 2 is 1.36 bits per heavy atom. The molecule has 0 aromatic heterocycles. The minimum absolute atomic E-state index is 0.0587. The first kappa shape index (κ1) is 8.89. The number of benzene rings is 1. The summed E-state index contributed by atoms with van der Waals surface area (Å²) in [5, 5.41) is 0. The molecule has 0 amide bonds. The van der Waals surface area contributed by atoms with E-state index in [1.807, 2.05) is 0 Å². The molecule has 0 aliphatic carbocycles. The van der Waals surface area contributed by atoms with E-state index in [2.05, 4.69) is 8.37 Å². The molecule has 0 unspecified atom stereocenters. The molecule has 1 aromatic rings. The number of hydrogen-bond acceptors (Lipinski definition) is 5. The van der Waals surface area contributed by atoms with Crippen molar-refractivity contribution in [3.8, 4) is 0 Å². The smallest absolute Gasteiger partial charge is 0.330 e. The van der Waals surface area contributed by atoms with Gasteiger partial charge in [-0.3, -0.25) is 0 Å². The maximum absolute atomic E-state index is 11.2. The van der Waals surface area contributed by atoms with Crippen molar-refractivity contribution < 1.29 is 22.2 Å². The summed E-state index contributed by atoms with van der Waals surface area (Å²) in [5.74, 6) is -1.66. The normalized spacial score (nSPS) is 16.6. The second-order valence-electron chi connectivity index (χ2n) is 2.49. The Labute approximate surface area is 81.5 Å². The molecule has 0 spiro atoms. The summed E-state index contributed by atoms with van der Waals surface area (Å²) in [4.78, 5) is 22.4. The van der Waals surface area contributed by atoms with Crippen LogP contribution >= 0.6 is 0 Å². The van der Waals surface area contributed by atoms with Gasteiger partial charge in [-0.25, -0.2) is 9.59 Å². The van der Waals surface area contributed by atoms with Crippen LogP contribution in [0.1, 0.15) is 20.7 Å². The topological polar surface area (TPSA) is 69.7 Å². The first-order chi connectivity index (χ1) is 6.68. The Balaban J connectivity index is 2.59. The highest BCUT2D eigenvalue weighted by molar-refractivity contribution is 7.76. The second-order valence-corrected chi connectivity index (χ2v) is 3.23. The van der Waals surface area contributed by atoms with Crippen LogP contribution in [0.4, 0.5) is 0 Å². The molecule has 72 valence electrons. The third-order valence-electron chi connectivity index (χ3n) is 1.65. The van der Waals surface area contributed by atoms with E-state index in [1.165, 1.54) is 12.1 Å². The quantitative estimate of drug-likeness (QED) is 0.629. The van der Waals surface area contributed by atoms with Gasteiger partial charge >= 0.3 is 23.3 Å². The highest BCUT2D eigenvalue weighted by atomic mass is 32.2. The summed E-state index contributed by atoms with van der Waals surface area (Å²) in [6.07, 6.45) is 0. The fourth-order valence-electron chi connectivity index (χ4n) is 1.07. The summed E-state index contributed by atoms with van der Waals surface area (Å²) in [6.45, 7) is 0. The molecule has 5 nitrogen and oxygen atoms in total. The Bertz CT molecular complexity index is 400. The minimum Gasteiger partial charge on any atom is -0.330 e. The van der Waals surface area contributed by atoms with E-state index in [1.54, 1.807) is 12.1 Å². The van der Waals surface area contributed by atoms with Gasteiger partial charge in [-0.15, -0.1) is 0 Å². The van der Waals surface area contributed by atoms with Gasteiger partial charge in [-0.05, 0) is 12.1 Å². The zero-order valence-corrected chi connectivity index (χ0v) is 7.58. The zero-order chi connectivity index (χ0) is 10.1. The average molecular weight is 212 g/mol. The van der Waals surface area contributed by atoms with Crippen molar-refractivity contribution in [3.63, 3.8) is 0 Å². The van der Waals surface area contributed by atoms with Crippen LogP contribution in [0.2, 0.25) is 0 Å². The van der Waals surface area contributed by atoms with E-state index in [4.69, 9.17) is 0 Å².